The lowest BCUT2D eigenvalue weighted by Crippen LogP contribution is -2.24. The third kappa shape index (κ3) is 18.0. The molecule has 0 saturated carbocycles. The average molecular weight is 514 g/mol. The molecule has 1 aromatic heterocycles. The lowest BCUT2D eigenvalue weighted by Gasteiger charge is -2.16. The molecule has 0 fully saturated rings. The van der Waals surface area contributed by atoms with Crippen LogP contribution in [0, 0.1) is 0 Å². The lowest BCUT2D eigenvalue weighted by atomic mass is 10.0. The van der Waals surface area contributed by atoms with E-state index in [1.54, 1.807) is 12.3 Å². The number of hydrogen-bond donors (Lipinski definition) is 1. The summed E-state index contributed by atoms with van der Waals surface area (Å²) in [5, 5.41) is 9.51. The van der Waals surface area contributed by atoms with Gasteiger partial charge in [-0.1, -0.05) is 103 Å². The summed E-state index contributed by atoms with van der Waals surface area (Å²) in [5.74, 6) is 0. The Kier molecular flexibility index (Phi) is 19.3. The quantitative estimate of drug-likeness (QED) is 0.156. The minimum atomic E-state index is -3.30. The van der Waals surface area contributed by atoms with Crippen LogP contribution in [-0.2, 0) is 25.9 Å². The molecule has 0 aliphatic heterocycles. The Morgan fingerprint density at radius 2 is 1.34 bits per heavy atom. The van der Waals surface area contributed by atoms with E-state index in [4.69, 9.17) is 9.47 Å². The van der Waals surface area contributed by atoms with Gasteiger partial charge in [0.05, 0.1) is 24.7 Å². The van der Waals surface area contributed by atoms with Gasteiger partial charge < -0.3 is 14.6 Å². The molecule has 0 saturated heterocycles. The highest BCUT2D eigenvalue weighted by atomic mass is 32.2. The largest absolute Gasteiger partial charge is 0.394 e. The second kappa shape index (κ2) is 21.1. The molecule has 1 atom stereocenters. The molecule has 1 N–H and O–H groups in total. The van der Waals surface area contributed by atoms with Crippen LogP contribution in [0.5, 0.6) is 0 Å². The van der Waals surface area contributed by atoms with E-state index in [0.29, 0.717) is 18.8 Å². The molecule has 204 valence electrons. The topological polar surface area (TPSA) is 85.7 Å². The molecule has 35 heavy (non-hydrogen) atoms. The zero-order chi connectivity index (χ0) is 25.6. The Labute approximate surface area is 215 Å². The monoisotopic (exact) mass is 513 g/mol. The fourth-order valence-electron chi connectivity index (χ4n) is 4.08. The molecule has 1 aromatic rings. The van der Waals surface area contributed by atoms with Gasteiger partial charge in [-0.25, -0.2) is 8.42 Å². The summed E-state index contributed by atoms with van der Waals surface area (Å²) in [6, 6.07) is 1.55. The van der Waals surface area contributed by atoms with Crippen molar-refractivity contribution >= 4 is 9.84 Å². The number of unbranched alkanes of at least 4 members (excludes halogenated alkanes) is 15. The molecule has 0 bridgehead atoms. The molecule has 0 radical (unpaired) electrons. The van der Waals surface area contributed by atoms with Crippen molar-refractivity contribution in [1.82, 2.24) is 4.98 Å². The van der Waals surface area contributed by atoms with E-state index < -0.39 is 15.9 Å². The van der Waals surface area contributed by atoms with E-state index in [1.807, 2.05) is 0 Å². The summed E-state index contributed by atoms with van der Waals surface area (Å²) >= 11 is 0. The summed E-state index contributed by atoms with van der Waals surface area (Å²) in [7, 11) is -3.30. The number of nitrogens with zero attached hydrogens (tertiary/aromatic N) is 1. The van der Waals surface area contributed by atoms with Crippen LogP contribution in [0.3, 0.4) is 0 Å². The van der Waals surface area contributed by atoms with Crippen LogP contribution in [-0.4, -0.2) is 50.7 Å². The van der Waals surface area contributed by atoms with Crippen molar-refractivity contribution in [3.05, 3.63) is 24.0 Å². The fourth-order valence-corrected chi connectivity index (χ4v) is 4.70. The Bertz CT molecular complexity index is 726. The van der Waals surface area contributed by atoms with Crippen LogP contribution in [0.2, 0.25) is 0 Å². The predicted molar refractivity (Wildman–Crippen MR) is 143 cm³/mol. The summed E-state index contributed by atoms with van der Waals surface area (Å²) in [4.78, 5) is 4.12. The van der Waals surface area contributed by atoms with Crippen molar-refractivity contribution < 1.29 is 23.0 Å². The summed E-state index contributed by atoms with van der Waals surface area (Å²) in [5.41, 5.74) is 0.657. The minimum Gasteiger partial charge on any atom is -0.394 e. The molecule has 0 aliphatic rings. The van der Waals surface area contributed by atoms with Gasteiger partial charge in [0, 0.05) is 25.3 Å². The normalized spacial score (nSPS) is 12.8. The maximum atomic E-state index is 11.6. The third-order valence-electron chi connectivity index (χ3n) is 6.33. The van der Waals surface area contributed by atoms with E-state index >= 15 is 0 Å². The second-order valence-corrected chi connectivity index (χ2v) is 11.8. The summed E-state index contributed by atoms with van der Waals surface area (Å²) < 4.78 is 34.6. The van der Waals surface area contributed by atoms with Crippen molar-refractivity contribution in [3.8, 4) is 0 Å². The predicted octanol–water partition coefficient (Wildman–Crippen LogP) is 6.64. The molecule has 1 rings (SSSR count). The number of ether oxygens (including phenoxy) is 2. The molecule has 0 aromatic carbocycles. The van der Waals surface area contributed by atoms with E-state index in [9.17, 15) is 13.5 Å². The highest BCUT2D eigenvalue weighted by molar-refractivity contribution is 7.90. The first-order chi connectivity index (χ1) is 17.0. The maximum absolute atomic E-state index is 11.6. The highest BCUT2D eigenvalue weighted by Gasteiger charge is 2.11. The Balaban J connectivity index is 1.92. The van der Waals surface area contributed by atoms with Crippen molar-refractivity contribution in [3.63, 3.8) is 0 Å². The number of sulfone groups is 1. The molecule has 1 heterocycles. The Morgan fingerprint density at radius 3 is 1.83 bits per heavy atom. The fraction of sp³-hybridized carbons (Fsp3) is 0.821. The first kappa shape index (κ1) is 32.0. The number of rotatable bonds is 24. The Morgan fingerprint density at radius 1 is 0.829 bits per heavy atom. The van der Waals surface area contributed by atoms with E-state index in [0.717, 1.165) is 12.7 Å². The van der Waals surface area contributed by atoms with E-state index in [-0.39, 0.29) is 18.1 Å². The van der Waals surface area contributed by atoms with Gasteiger partial charge in [0.1, 0.15) is 6.10 Å². The van der Waals surface area contributed by atoms with Gasteiger partial charge in [-0.05, 0) is 18.1 Å². The number of pyridine rings is 1. The van der Waals surface area contributed by atoms with Crippen LogP contribution < -0.4 is 0 Å². The number of aromatic nitrogens is 1. The van der Waals surface area contributed by atoms with E-state index in [2.05, 4.69) is 11.9 Å². The molecule has 0 amide bonds. The van der Waals surface area contributed by atoms with Gasteiger partial charge >= 0.3 is 0 Å². The third-order valence-corrected chi connectivity index (χ3v) is 7.41. The van der Waals surface area contributed by atoms with Crippen LogP contribution >= 0.6 is 0 Å². The molecule has 7 heteroatoms. The van der Waals surface area contributed by atoms with Crippen LogP contribution in [0.15, 0.2) is 23.4 Å². The van der Waals surface area contributed by atoms with E-state index in [1.165, 1.54) is 103 Å². The zero-order valence-electron chi connectivity index (χ0n) is 22.4. The van der Waals surface area contributed by atoms with Crippen molar-refractivity contribution in [2.45, 2.75) is 127 Å². The summed E-state index contributed by atoms with van der Waals surface area (Å²) in [6.07, 6.45) is 25.1. The van der Waals surface area contributed by atoms with Gasteiger partial charge in [0.25, 0.3) is 0 Å². The molecule has 0 spiro atoms. The highest BCUT2D eigenvalue weighted by Crippen LogP contribution is 2.14. The van der Waals surface area contributed by atoms with Crippen molar-refractivity contribution in [2.75, 3.05) is 26.1 Å². The number of hydrogen-bond acceptors (Lipinski definition) is 6. The van der Waals surface area contributed by atoms with Crippen molar-refractivity contribution in [2.24, 2.45) is 0 Å². The van der Waals surface area contributed by atoms with Gasteiger partial charge in [-0.2, -0.15) is 0 Å². The van der Waals surface area contributed by atoms with Crippen LogP contribution in [0.1, 0.15) is 115 Å². The number of aliphatic hydroxyl groups is 1. The smallest absolute Gasteiger partial charge is 0.177 e. The first-order valence-electron chi connectivity index (χ1n) is 13.9. The van der Waals surface area contributed by atoms with Crippen molar-refractivity contribution in [1.29, 1.82) is 0 Å². The second-order valence-electron chi connectivity index (χ2n) is 9.79. The molecular formula is C28H51NO5S. The minimum absolute atomic E-state index is 0.141. The summed E-state index contributed by atoms with van der Waals surface area (Å²) in [6.45, 7) is 3.32. The molecular weight excluding hydrogens is 462 g/mol. The van der Waals surface area contributed by atoms with Gasteiger partial charge in [0.15, 0.2) is 9.84 Å². The molecule has 6 nitrogen and oxygen atoms in total. The average Bonchev–Trinajstić information content (AvgIpc) is 2.84. The van der Waals surface area contributed by atoms with Crippen LogP contribution in [0.4, 0.5) is 0 Å². The van der Waals surface area contributed by atoms with Gasteiger partial charge in [-0.15, -0.1) is 0 Å². The SMILES string of the molecule is CCCCCCCCCCCCCCCCCCOCC(CO)OCc1cncc(S(C)(=O)=O)c1. The Hall–Kier alpha value is -1.02. The zero-order valence-corrected chi connectivity index (χ0v) is 23.2. The standard InChI is InChI=1S/C28H51NO5S/c1-3-4-5-6-7-8-9-10-11-12-13-14-15-16-17-18-19-33-25-27(23-30)34-24-26-20-28(22-29-21-26)35(2,31)32/h20-22,27,30H,3-19,23-25H2,1-2H3. The van der Waals surface area contributed by atoms with Crippen LogP contribution in [0.25, 0.3) is 0 Å². The lowest BCUT2D eigenvalue weighted by molar-refractivity contribution is -0.0503. The first-order valence-corrected chi connectivity index (χ1v) is 15.8. The van der Waals surface area contributed by atoms with Gasteiger partial charge in [-0.3, -0.25) is 4.98 Å². The number of aliphatic hydroxyl groups excluding tert-OH is 1. The maximum Gasteiger partial charge on any atom is 0.177 e. The van der Waals surface area contributed by atoms with Gasteiger partial charge in [0.2, 0.25) is 0 Å². The molecule has 1 unspecified atom stereocenters. The molecule has 0 aliphatic carbocycles.